The largest absolute Gasteiger partial charge is 0.464 e. The highest BCUT2D eigenvalue weighted by Crippen LogP contribution is 2.19. The van der Waals surface area contributed by atoms with Gasteiger partial charge in [-0.15, -0.1) is 0 Å². The molecule has 0 aromatic carbocycles. The van der Waals surface area contributed by atoms with Crippen molar-refractivity contribution in [1.82, 2.24) is 20.5 Å². The van der Waals surface area contributed by atoms with Gasteiger partial charge in [0, 0.05) is 37.6 Å². The Balaban J connectivity index is 1.64. The molecule has 4 amide bonds. The van der Waals surface area contributed by atoms with Crippen molar-refractivity contribution in [3.05, 3.63) is 42.4 Å². The summed E-state index contributed by atoms with van der Waals surface area (Å²) in [7, 11) is 0. The number of carbonyl (C=O) groups is 2. The van der Waals surface area contributed by atoms with Gasteiger partial charge in [-0.25, -0.2) is 14.5 Å². The zero-order valence-corrected chi connectivity index (χ0v) is 11.2. The zero-order chi connectivity index (χ0) is 14.7. The van der Waals surface area contributed by atoms with Gasteiger partial charge in [0.15, 0.2) is 0 Å². The fourth-order valence-electron chi connectivity index (χ4n) is 2.10. The summed E-state index contributed by atoms with van der Waals surface area (Å²) in [6.45, 7) is 1.17. The topological polar surface area (TPSA) is 87.5 Å². The van der Waals surface area contributed by atoms with E-state index in [0.29, 0.717) is 19.6 Å². The summed E-state index contributed by atoms with van der Waals surface area (Å²) < 4.78 is 5.31. The van der Waals surface area contributed by atoms with Crippen LogP contribution in [-0.2, 0) is 6.54 Å². The molecule has 7 heteroatoms. The molecular formula is C14H14N4O3. The Kier molecular flexibility index (Phi) is 3.55. The molecule has 0 radical (unpaired) electrons. The molecule has 0 aliphatic carbocycles. The van der Waals surface area contributed by atoms with Crippen LogP contribution in [0.5, 0.6) is 0 Å². The van der Waals surface area contributed by atoms with Gasteiger partial charge >= 0.3 is 12.1 Å². The van der Waals surface area contributed by atoms with E-state index in [9.17, 15) is 9.59 Å². The van der Waals surface area contributed by atoms with Gasteiger partial charge in [0.2, 0.25) is 0 Å². The number of carbonyl (C=O) groups excluding carboxylic acids is 2. The minimum Gasteiger partial charge on any atom is -0.464 e. The highest BCUT2D eigenvalue weighted by Gasteiger charge is 2.25. The summed E-state index contributed by atoms with van der Waals surface area (Å²) in [5.74, 6) is 0.717. The standard InChI is InChI=1S/C14H14N4O3/c19-13-16-3-4-18(13)14(20)17-8-10-6-11(9-15-7-10)12-2-1-5-21-12/h1-2,5-7,9H,3-4,8H2,(H,16,19)(H,17,20). The first-order valence-corrected chi connectivity index (χ1v) is 6.55. The molecule has 1 aliphatic heterocycles. The summed E-state index contributed by atoms with van der Waals surface area (Å²) in [6, 6.07) is 4.75. The van der Waals surface area contributed by atoms with Gasteiger partial charge in [0.1, 0.15) is 5.76 Å². The van der Waals surface area contributed by atoms with Crippen LogP contribution in [0, 0.1) is 0 Å². The monoisotopic (exact) mass is 286 g/mol. The van der Waals surface area contributed by atoms with E-state index in [2.05, 4.69) is 15.6 Å². The number of furan rings is 1. The summed E-state index contributed by atoms with van der Waals surface area (Å²) in [5, 5.41) is 5.28. The van der Waals surface area contributed by atoms with Gasteiger partial charge in [-0.1, -0.05) is 0 Å². The van der Waals surface area contributed by atoms with Crippen molar-refractivity contribution in [2.75, 3.05) is 13.1 Å². The molecule has 7 nitrogen and oxygen atoms in total. The fraction of sp³-hybridized carbons (Fsp3) is 0.214. The Hall–Kier alpha value is -2.83. The maximum Gasteiger partial charge on any atom is 0.325 e. The minimum atomic E-state index is -0.409. The van der Waals surface area contributed by atoms with Crippen LogP contribution in [0.1, 0.15) is 5.56 Å². The predicted molar refractivity (Wildman–Crippen MR) is 74.3 cm³/mol. The molecule has 0 unspecified atom stereocenters. The Morgan fingerprint density at radius 3 is 3.10 bits per heavy atom. The van der Waals surface area contributed by atoms with Gasteiger partial charge < -0.3 is 15.1 Å². The van der Waals surface area contributed by atoms with E-state index in [0.717, 1.165) is 21.8 Å². The van der Waals surface area contributed by atoms with E-state index in [4.69, 9.17) is 4.42 Å². The molecule has 1 aliphatic rings. The molecule has 1 fully saturated rings. The number of amides is 4. The number of hydrogen-bond acceptors (Lipinski definition) is 4. The third kappa shape index (κ3) is 2.86. The van der Waals surface area contributed by atoms with Gasteiger partial charge in [-0.3, -0.25) is 4.98 Å². The maximum absolute atomic E-state index is 11.9. The van der Waals surface area contributed by atoms with Crippen molar-refractivity contribution in [2.24, 2.45) is 0 Å². The van der Waals surface area contributed by atoms with Crippen molar-refractivity contribution in [3.63, 3.8) is 0 Å². The highest BCUT2D eigenvalue weighted by molar-refractivity contribution is 5.94. The van der Waals surface area contributed by atoms with Crippen LogP contribution < -0.4 is 10.6 Å². The van der Waals surface area contributed by atoms with Crippen LogP contribution in [0.15, 0.2) is 41.3 Å². The molecule has 2 aromatic rings. The van der Waals surface area contributed by atoms with Crippen molar-refractivity contribution in [3.8, 4) is 11.3 Å². The molecule has 108 valence electrons. The summed E-state index contributed by atoms with van der Waals surface area (Å²) in [5.41, 5.74) is 1.67. The second kappa shape index (κ2) is 5.66. The van der Waals surface area contributed by atoms with E-state index >= 15 is 0 Å². The van der Waals surface area contributed by atoms with Crippen LogP contribution in [0.25, 0.3) is 11.3 Å². The first-order chi connectivity index (χ1) is 10.2. The first-order valence-electron chi connectivity index (χ1n) is 6.55. The Bertz CT molecular complexity index is 654. The third-order valence-electron chi connectivity index (χ3n) is 3.15. The number of nitrogens with zero attached hydrogens (tertiary/aromatic N) is 2. The van der Waals surface area contributed by atoms with E-state index < -0.39 is 6.03 Å². The first kappa shape index (κ1) is 13.2. The van der Waals surface area contributed by atoms with E-state index in [1.54, 1.807) is 24.7 Å². The molecule has 3 rings (SSSR count). The quantitative estimate of drug-likeness (QED) is 0.896. The van der Waals surface area contributed by atoms with E-state index in [1.165, 1.54) is 0 Å². The molecule has 2 aromatic heterocycles. The number of hydrogen-bond donors (Lipinski definition) is 2. The lowest BCUT2D eigenvalue weighted by Gasteiger charge is -2.13. The molecule has 21 heavy (non-hydrogen) atoms. The molecule has 3 heterocycles. The Morgan fingerprint density at radius 1 is 1.48 bits per heavy atom. The minimum absolute atomic E-state index is 0.296. The lowest BCUT2D eigenvalue weighted by atomic mass is 10.1. The molecule has 0 atom stereocenters. The van der Waals surface area contributed by atoms with Gasteiger partial charge in [0.25, 0.3) is 0 Å². The summed E-state index contributed by atoms with van der Waals surface area (Å²) in [4.78, 5) is 28.5. The van der Waals surface area contributed by atoms with Crippen molar-refractivity contribution in [1.29, 1.82) is 0 Å². The maximum atomic E-state index is 11.9. The number of aromatic nitrogens is 1. The summed E-state index contributed by atoms with van der Waals surface area (Å²) >= 11 is 0. The van der Waals surface area contributed by atoms with Gasteiger partial charge in [0.05, 0.1) is 6.26 Å². The lowest BCUT2D eigenvalue weighted by Crippen LogP contribution is -2.41. The van der Waals surface area contributed by atoms with Crippen LogP contribution in [0.3, 0.4) is 0 Å². The van der Waals surface area contributed by atoms with Crippen LogP contribution in [0.4, 0.5) is 9.59 Å². The van der Waals surface area contributed by atoms with Crippen LogP contribution >= 0.6 is 0 Å². The number of urea groups is 2. The fourth-order valence-corrected chi connectivity index (χ4v) is 2.10. The van der Waals surface area contributed by atoms with Crippen LogP contribution in [0.2, 0.25) is 0 Å². The molecular weight excluding hydrogens is 272 g/mol. The number of pyridine rings is 1. The lowest BCUT2D eigenvalue weighted by molar-refractivity contribution is 0.198. The van der Waals surface area contributed by atoms with Crippen molar-refractivity contribution in [2.45, 2.75) is 6.54 Å². The second-order valence-electron chi connectivity index (χ2n) is 4.60. The van der Waals surface area contributed by atoms with Crippen LogP contribution in [-0.4, -0.2) is 35.0 Å². The SMILES string of the molecule is O=C1NCCN1C(=O)NCc1cncc(-c2ccco2)c1. The Labute approximate surface area is 121 Å². The smallest absolute Gasteiger partial charge is 0.325 e. The molecule has 0 spiro atoms. The molecule has 1 saturated heterocycles. The average molecular weight is 286 g/mol. The number of rotatable bonds is 3. The molecule has 2 N–H and O–H groups in total. The number of imide groups is 1. The second-order valence-corrected chi connectivity index (χ2v) is 4.60. The normalized spacial score (nSPS) is 14.1. The molecule has 0 saturated carbocycles. The highest BCUT2D eigenvalue weighted by atomic mass is 16.3. The predicted octanol–water partition coefficient (Wildman–Crippen LogP) is 1.58. The zero-order valence-electron chi connectivity index (χ0n) is 11.2. The van der Waals surface area contributed by atoms with Crippen molar-refractivity contribution >= 4 is 12.1 Å². The van der Waals surface area contributed by atoms with E-state index in [-0.39, 0.29) is 6.03 Å². The average Bonchev–Trinajstić information content (AvgIpc) is 3.16. The van der Waals surface area contributed by atoms with Gasteiger partial charge in [-0.2, -0.15) is 0 Å². The van der Waals surface area contributed by atoms with E-state index in [1.807, 2.05) is 12.1 Å². The van der Waals surface area contributed by atoms with Gasteiger partial charge in [-0.05, 0) is 23.8 Å². The molecule has 0 bridgehead atoms. The number of nitrogens with one attached hydrogen (secondary N) is 2. The summed E-state index contributed by atoms with van der Waals surface area (Å²) in [6.07, 6.45) is 4.95. The Morgan fingerprint density at radius 2 is 2.38 bits per heavy atom. The third-order valence-corrected chi connectivity index (χ3v) is 3.15. The van der Waals surface area contributed by atoms with Crippen molar-refractivity contribution < 1.29 is 14.0 Å².